The van der Waals surface area contributed by atoms with Crippen LogP contribution in [-0.4, -0.2) is 34.6 Å². The predicted octanol–water partition coefficient (Wildman–Crippen LogP) is 3.38. The monoisotopic (exact) mass is 313 g/mol. The molecule has 5 heteroatoms. The van der Waals surface area contributed by atoms with E-state index in [0.29, 0.717) is 41.5 Å². The standard InChI is InChI=1S/C15H17Cl2NO2/c1-15(20)7-9-18(10-8-15)14(19)6-5-11-12(16)3-2-4-13(11)17/h2-6,20H,7-10H2,1H3/b6-5+. The van der Waals surface area contributed by atoms with Crippen LogP contribution < -0.4 is 0 Å². The molecular weight excluding hydrogens is 297 g/mol. The molecule has 0 unspecified atom stereocenters. The quantitative estimate of drug-likeness (QED) is 0.850. The fraction of sp³-hybridized carbons (Fsp3) is 0.400. The molecule has 0 aliphatic carbocycles. The number of nitrogens with zero attached hydrogens (tertiary/aromatic N) is 1. The lowest BCUT2D eigenvalue weighted by Gasteiger charge is -2.35. The van der Waals surface area contributed by atoms with E-state index < -0.39 is 5.60 Å². The largest absolute Gasteiger partial charge is 0.390 e. The first kappa shape index (κ1) is 15.4. The van der Waals surface area contributed by atoms with E-state index in [2.05, 4.69) is 0 Å². The summed E-state index contributed by atoms with van der Waals surface area (Å²) in [6.07, 6.45) is 4.31. The lowest BCUT2D eigenvalue weighted by Crippen LogP contribution is -2.44. The molecule has 0 spiro atoms. The van der Waals surface area contributed by atoms with Gasteiger partial charge in [0.05, 0.1) is 5.60 Å². The molecule has 1 N–H and O–H groups in total. The summed E-state index contributed by atoms with van der Waals surface area (Å²) in [5.74, 6) is -0.0866. The lowest BCUT2D eigenvalue weighted by atomic mass is 9.94. The van der Waals surface area contributed by atoms with Crippen molar-refractivity contribution in [3.8, 4) is 0 Å². The van der Waals surface area contributed by atoms with Crippen molar-refractivity contribution in [2.24, 2.45) is 0 Å². The minimum atomic E-state index is -0.660. The summed E-state index contributed by atoms with van der Waals surface area (Å²) < 4.78 is 0. The molecule has 2 rings (SSSR count). The van der Waals surface area contributed by atoms with Gasteiger partial charge in [0.25, 0.3) is 0 Å². The molecule has 20 heavy (non-hydrogen) atoms. The zero-order chi connectivity index (χ0) is 14.8. The van der Waals surface area contributed by atoms with Crippen LogP contribution in [0.2, 0.25) is 10.0 Å². The molecule has 1 aliphatic heterocycles. The molecule has 1 fully saturated rings. The second kappa shape index (κ2) is 6.17. The number of hydrogen-bond donors (Lipinski definition) is 1. The summed E-state index contributed by atoms with van der Waals surface area (Å²) in [4.78, 5) is 13.8. The van der Waals surface area contributed by atoms with Crippen LogP contribution in [0.3, 0.4) is 0 Å². The molecule has 3 nitrogen and oxygen atoms in total. The molecule has 1 amide bonds. The molecule has 0 aromatic heterocycles. The van der Waals surface area contributed by atoms with Gasteiger partial charge in [-0.05, 0) is 38.0 Å². The van der Waals surface area contributed by atoms with Gasteiger partial charge in [0.2, 0.25) is 5.91 Å². The molecule has 1 aromatic carbocycles. The number of carbonyl (C=O) groups is 1. The number of carbonyl (C=O) groups excluding carboxylic acids is 1. The first-order valence-corrected chi connectivity index (χ1v) is 7.28. The van der Waals surface area contributed by atoms with Crippen molar-refractivity contribution in [3.05, 3.63) is 39.9 Å². The molecule has 0 bridgehead atoms. The van der Waals surface area contributed by atoms with Crippen molar-refractivity contribution in [1.29, 1.82) is 0 Å². The van der Waals surface area contributed by atoms with Crippen LogP contribution in [0.4, 0.5) is 0 Å². The van der Waals surface area contributed by atoms with Gasteiger partial charge in [0, 0.05) is 34.8 Å². The Bertz CT molecular complexity index is 510. The molecule has 1 aromatic rings. The number of amides is 1. The molecule has 0 radical (unpaired) electrons. The zero-order valence-corrected chi connectivity index (χ0v) is 12.8. The van der Waals surface area contributed by atoms with Gasteiger partial charge in [-0.3, -0.25) is 4.79 Å². The molecule has 108 valence electrons. The third-order valence-electron chi connectivity index (χ3n) is 3.54. The number of piperidine rings is 1. The first-order valence-electron chi connectivity index (χ1n) is 6.52. The number of rotatable bonds is 2. The SMILES string of the molecule is CC1(O)CCN(C(=O)/C=C/c2c(Cl)cccc2Cl)CC1. The van der Waals surface area contributed by atoms with Crippen LogP contribution in [0.15, 0.2) is 24.3 Å². The smallest absolute Gasteiger partial charge is 0.246 e. The number of benzene rings is 1. The molecule has 1 heterocycles. The van der Waals surface area contributed by atoms with E-state index in [9.17, 15) is 9.90 Å². The van der Waals surface area contributed by atoms with Crippen LogP contribution >= 0.6 is 23.2 Å². The van der Waals surface area contributed by atoms with Crippen LogP contribution in [0, 0.1) is 0 Å². The average Bonchev–Trinajstić information content (AvgIpc) is 2.37. The minimum Gasteiger partial charge on any atom is -0.390 e. The van der Waals surface area contributed by atoms with E-state index in [1.807, 2.05) is 0 Å². The third kappa shape index (κ3) is 3.75. The number of hydrogen-bond acceptors (Lipinski definition) is 2. The number of halogens is 2. The zero-order valence-electron chi connectivity index (χ0n) is 11.3. The second-order valence-corrected chi connectivity index (χ2v) is 6.11. The topological polar surface area (TPSA) is 40.5 Å². The maximum absolute atomic E-state index is 12.1. The Kier molecular flexibility index (Phi) is 4.74. The maximum Gasteiger partial charge on any atom is 0.246 e. The van der Waals surface area contributed by atoms with E-state index in [0.717, 1.165) is 0 Å². The van der Waals surface area contributed by atoms with Gasteiger partial charge in [-0.1, -0.05) is 29.3 Å². The van der Waals surface area contributed by atoms with Gasteiger partial charge in [-0.15, -0.1) is 0 Å². The Labute approximate surface area is 128 Å². The van der Waals surface area contributed by atoms with Crippen LogP contribution in [-0.2, 0) is 4.79 Å². The summed E-state index contributed by atoms with van der Waals surface area (Å²) in [6, 6.07) is 5.22. The van der Waals surface area contributed by atoms with Gasteiger partial charge in [0.15, 0.2) is 0 Å². The van der Waals surface area contributed by atoms with Crippen LogP contribution in [0.1, 0.15) is 25.3 Å². The van der Waals surface area contributed by atoms with Gasteiger partial charge >= 0.3 is 0 Å². The Morgan fingerprint density at radius 2 is 1.85 bits per heavy atom. The average molecular weight is 314 g/mol. The van der Waals surface area contributed by atoms with Crippen LogP contribution in [0.25, 0.3) is 6.08 Å². The van der Waals surface area contributed by atoms with Gasteiger partial charge in [0.1, 0.15) is 0 Å². The fourth-order valence-electron chi connectivity index (χ4n) is 2.14. The van der Waals surface area contributed by atoms with Crippen LogP contribution in [0.5, 0.6) is 0 Å². The predicted molar refractivity (Wildman–Crippen MR) is 81.9 cm³/mol. The van der Waals surface area contributed by atoms with Gasteiger partial charge < -0.3 is 10.0 Å². The minimum absolute atomic E-state index is 0.0866. The highest BCUT2D eigenvalue weighted by atomic mass is 35.5. The van der Waals surface area contributed by atoms with Crippen molar-refractivity contribution in [3.63, 3.8) is 0 Å². The first-order chi connectivity index (χ1) is 9.39. The lowest BCUT2D eigenvalue weighted by molar-refractivity contribution is -0.129. The number of likely N-dealkylation sites (tertiary alicyclic amines) is 1. The van der Waals surface area contributed by atoms with Crippen molar-refractivity contribution in [2.75, 3.05) is 13.1 Å². The van der Waals surface area contributed by atoms with Gasteiger partial charge in [-0.2, -0.15) is 0 Å². The number of aliphatic hydroxyl groups is 1. The summed E-state index contributed by atoms with van der Waals surface area (Å²) in [7, 11) is 0. The van der Waals surface area contributed by atoms with E-state index in [1.54, 1.807) is 36.1 Å². The Morgan fingerprint density at radius 3 is 2.40 bits per heavy atom. The fourth-order valence-corrected chi connectivity index (χ4v) is 2.66. The van der Waals surface area contributed by atoms with Crippen molar-refractivity contribution in [1.82, 2.24) is 4.90 Å². The second-order valence-electron chi connectivity index (χ2n) is 5.29. The van der Waals surface area contributed by atoms with Gasteiger partial charge in [-0.25, -0.2) is 0 Å². The van der Waals surface area contributed by atoms with E-state index in [1.165, 1.54) is 6.08 Å². The highest BCUT2D eigenvalue weighted by Crippen LogP contribution is 2.26. The van der Waals surface area contributed by atoms with Crippen molar-refractivity contribution < 1.29 is 9.90 Å². The summed E-state index contributed by atoms with van der Waals surface area (Å²) in [5.41, 5.74) is -0.0137. The highest BCUT2D eigenvalue weighted by Gasteiger charge is 2.28. The summed E-state index contributed by atoms with van der Waals surface area (Å²) >= 11 is 12.1. The summed E-state index contributed by atoms with van der Waals surface area (Å²) in [5, 5.41) is 10.9. The van der Waals surface area contributed by atoms with Crippen molar-refractivity contribution in [2.45, 2.75) is 25.4 Å². The molecule has 0 saturated carbocycles. The highest BCUT2D eigenvalue weighted by molar-refractivity contribution is 6.37. The molecule has 1 aliphatic rings. The Hall–Kier alpha value is -1.03. The third-order valence-corrected chi connectivity index (χ3v) is 4.20. The van der Waals surface area contributed by atoms with Crippen molar-refractivity contribution >= 4 is 35.2 Å². The van der Waals surface area contributed by atoms with E-state index >= 15 is 0 Å². The maximum atomic E-state index is 12.1. The molecular formula is C15H17Cl2NO2. The summed E-state index contributed by atoms with van der Waals surface area (Å²) in [6.45, 7) is 2.92. The normalized spacial score (nSPS) is 18.5. The molecule has 0 atom stereocenters. The Morgan fingerprint density at radius 1 is 1.30 bits per heavy atom. The Balaban J connectivity index is 2.03. The van der Waals surface area contributed by atoms with E-state index in [4.69, 9.17) is 23.2 Å². The molecule has 1 saturated heterocycles. The van der Waals surface area contributed by atoms with E-state index in [-0.39, 0.29) is 5.91 Å².